The lowest BCUT2D eigenvalue weighted by Crippen LogP contribution is -2.46. The van der Waals surface area contributed by atoms with E-state index in [9.17, 15) is 9.59 Å². The van der Waals surface area contributed by atoms with Crippen molar-refractivity contribution in [3.05, 3.63) is 108 Å². The van der Waals surface area contributed by atoms with Crippen molar-refractivity contribution in [2.75, 3.05) is 13.1 Å². The molecule has 2 aliphatic heterocycles. The van der Waals surface area contributed by atoms with Crippen molar-refractivity contribution < 1.29 is 19.1 Å². The van der Waals surface area contributed by atoms with Crippen molar-refractivity contribution in [1.82, 2.24) is 29.7 Å². The number of nitrogens with one attached hydrogen (secondary N) is 2. The summed E-state index contributed by atoms with van der Waals surface area (Å²) >= 11 is 0. The number of hydrogen-bond donors (Lipinski definition) is 2. The molecule has 8 rings (SSSR count). The summed E-state index contributed by atoms with van der Waals surface area (Å²) in [5.41, 5.74) is 5.76. The first kappa shape index (κ1) is 33.5. The van der Waals surface area contributed by atoms with Crippen LogP contribution in [0.1, 0.15) is 76.6 Å². The Kier molecular flexibility index (Phi) is 8.48. The molecule has 52 heavy (non-hydrogen) atoms. The number of ether oxygens (including phenoxy) is 2. The lowest BCUT2D eigenvalue weighted by molar-refractivity contribution is 0.00865. The van der Waals surface area contributed by atoms with E-state index in [4.69, 9.17) is 19.4 Å². The molecule has 2 atom stereocenters. The summed E-state index contributed by atoms with van der Waals surface area (Å²) in [5.74, 6) is 1.55. The molecule has 266 valence electrons. The van der Waals surface area contributed by atoms with E-state index in [2.05, 4.69) is 65.4 Å². The highest BCUT2D eigenvalue weighted by Gasteiger charge is 2.45. The molecule has 2 aromatic heterocycles. The zero-order chi connectivity index (χ0) is 36.0. The first-order valence-corrected chi connectivity index (χ1v) is 18.1. The van der Waals surface area contributed by atoms with Gasteiger partial charge in [-0.25, -0.2) is 19.6 Å². The van der Waals surface area contributed by atoms with Crippen LogP contribution in [0.3, 0.4) is 0 Å². The number of likely N-dealkylation sites (tertiary alicyclic amines) is 2. The maximum absolute atomic E-state index is 13.1. The molecule has 4 aromatic carbocycles. The van der Waals surface area contributed by atoms with Gasteiger partial charge < -0.3 is 19.4 Å². The number of aromatic nitrogens is 4. The zero-order valence-corrected chi connectivity index (χ0v) is 30.1. The minimum Gasteiger partial charge on any atom is -0.445 e. The number of aromatic amines is 2. The van der Waals surface area contributed by atoms with Crippen LogP contribution < -0.4 is 0 Å². The molecular weight excluding hydrogens is 652 g/mol. The van der Waals surface area contributed by atoms with Crippen LogP contribution in [0.4, 0.5) is 9.59 Å². The van der Waals surface area contributed by atoms with Gasteiger partial charge in [0, 0.05) is 18.7 Å². The number of imidazole rings is 2. The Hall–Kier alpha value is -5.64. The number of nitrogens with zero attached hydrogens (tertiary/aromatic N) is 4. The summed E-state index contributed by atoms with van der Waals surface area (Å²) in [6.07, 6.45) is 4.68. The number of carbonyl (C=O) groups is 2. The first-order chi connectivity index (χ1) is 25.0. The highest BCUT2D eigenvalue weighted by Crippen LogP contribution is 2.39. The Morgan fingerprint density at radius 2 is 1.60 bits per heavy atom. The third-order valence-electron chi connectivity index (χ3n) is 10.3. The van der Waals surface area contributed by atoms with Crippen molar-refractivity contribution >= 4 is 34.0 Å². The Balaban J connectivity index is 0.985. The van der Waals surface area contributed by atoms with E-state index in [0.717, 1.165) is 87.1 Å². The lowest BCUT2D eigenvalue weighted by Gasteiger charge is -2.34. The van der Waals surface area contributed by atoms with Gasteiger partial charge >= 0.3 is 12.2 Å². The molecule has 0 bridgehead atoms. The average molecular weight is 697 g/mol. The molecule has 0 unspecified atom stereocenters. The Morgan fingerprint density at radius 3 is 2.38 bits per heavy atom. The van der Waals surface area contributed by atoms with E-state index in [1.54, 1.807) is 9.80 Å². The minimum absolute atomic E-state index is 0.148. The van der Waals surface area contributed by atoms with Crippen LogP contribution in [0.25, 0.3) is 44.2 Å². The smallest absolute Gasteiger partial charge is 0.411 e. The van der Waals surface area contributed by atoms with Crippen molar-refractivity contribution in [2.45, 2.75) is 77.2 Å². The largest absolute Gasteiger partial charge is 0.445 e. The van der Waals surface area contributed by atoms with Crippen molar-refractivity contribution in [3.63, 3.8) is 0 Å². The fourth-order valence-electron chi connectivity index (χ4n) is 7.59. The molecule has 10 heteroatoms. The summed E-state index contributed by atoms with van der Waals surface area (Å²) < 4.78 is 11.4. The SMILES string of the molecule is CC(C)(C)OC(=O)N1CCC[C@]1(C)c1ncc(-c2ccc3cc(-c4ccc5nc([C@@H]6CCCN6C(=O)OCc6ccccc6)[nH]c5c4)ccc3c2)[nH]1. The first-order valence-electron chi connectivity index (χ1n) is 18.1. The van der Waals surface area contributed by atoms with Gasteiger partial charge in [-0.3, -0.25) is 9.80 Å². The van der Waals surface area contributed by atoms with Crippen molar-refractivity contribution in [2.24, 2.45) is 0 Å². The molecule has 0 saturated carbocycles. The Bertz CT molecular complexity index is 2270. The molecule has 2 fully saturated rings. The van der Waals surface area contributed by atoms with E-state index in [-0.39, 0.29) is 24.8 Å². The number of benzene rings is 4. The molecule has 10 nitrogen and oxygen atoms in total. The van der Waals surface area contributed by atoms with Gasteiger partial charge in [-0.15, -0.1) is 0 Å². The van der Waals surface area contributed by atoms with E-state index < -0.39 is 11.1 Å². The maximum Gasteiger partial charge on any atom is 0.411 e. The second kappa shape index (κ2) is 13.2. The Morgan fingerprint density at radius 1 is 0.865 bits per heavy atom. The molecule has 0 radical (unpaired) electrons. The van der Waals surface area contributed by atoms with Crippen LogP contribution in [0.15, 0.2) is 91.1 Å². The predicted octanol–water partition coefficient (Wildman–Crippen LogP) is 9.49. The maximum atomic E-state index is 13.1. The summed E-state index contributed by atoms with van der Waals surface area (Å²) in [7, 11) is 0. The van der Waals surface area contributed by atoms with Crippen LogP contribution in [-0.2, 0) is 21.6 Å². The number of hydrogen-bond acceptors (Lipinski definition) is 6. The summed E-state index contributed by atoms with van der Waals surface area (Å²) in [4.78, 5) is 46.4. The molecule has 2 amide bonds. The second-order valence-corrected chi connectivity index (χ2v) is 15.2. The van der Waals surface area contributed by atoms with E-state index in [1.165, 1.54) is 0 Å². The van der Waals surface area contributed by atoms with Gasteiger partial charge in [0.05, 0.1) is 29.0 Å². The van der Waals surface area contributed by atoms with Crippen molar-refractivity contribution in [3.8, 4) is 22.4 Å². The summed E-state index contributed by atoms with van der Waals surface area (Å²) in [6.45, 7) is 9.26. The van der Waals surface area contributed by atoms with Crippen LogP contribution in [-0.4, -0.2) is 60.6 Å². The highest BCUT2D eigenvalue weighted by molar-refractivity contribution is 5.92. The van der Waals surface area contributed by atoms with Gasteiger partial charge in [-0.1, -0.05) is 60.7 Å². The molecule has 6 aromatic rings. The zero-order valence-electron chi connectivity index (χ0n) is 30.1. The van der Waals surface area contributed by atoms with Gasteiger partial charge in [0.1, 0.15) is 29.4 Å². The van der Waals surface area contributed by atoms with Crippen molar-refractivity contribution in [1.29, 1.82) is 0 Å². The van der Waals surface area contributed by atoms with Gasteiger partial charge in [-0.05, 0) is 105 Å². The summed E-state index contributed by atoms with van der Waals surface area (Å²) in [6, 6.07) is 28.8. The summed E-state index contributed by atoms with van der Waals surface area (Å²) in [5, 5.41) is 2.24. The lowest BCUT2D eigenvalue weighted by atomic mass is 9.98. The standard InChI is InChI=1S/C42H44N6O4/c1-41(2,3)52-40(50)48-21-9-19-42(48,4)38-43-25-35(46-38)32-16-15-28-22-29(13-14-30(28)23-32)31-17-18-33-34(24-31)45-37(44-33)36-12-8-20-47(36)39(49)51-26-27-10-6-5-7-11-27/h5-7,10-11,13-18,22-25,36H,8-9,12,19-21,26H2,1-4H3,(H,43,46)(H,44,45)/t36-,42+/m0/s1. The molecule has 2 saturated heterocycles. The van der Waals surface area contributed by atoms with E-state index in [1.807, 2.05) is 63.4 Å². The Labute approximate surface area is 303 Å². The predicted molar refractivity (Wildman–Crippen MR) is 201 cm³/mol. The second-order valence-electron chi connectivity index (χ2n) is 15.2. The third-order valence-corrected chi connectivity index (χ3v) is 10.3. The van der Waals surface area contributed by atoms with Crippen LogP contribution in [0.2, 0.25) is 0 Å². The van der Waals surface area contributed by atoms with Gasteiger partial charge in [0.2, 0.25) is 0 Å². The third kappa shape index (κ3) is 6.49. The molecule has 2 aliphatic rings. The van der Waals surface area contributed by atoms with E-state index >= 15 is 0 Å². The molecule has 4 heterocycles. The monoisotopic (exact) mass is 696 g/mol. The van der Waals surface area contributed by atoms with Crippen LogP contribution >= 0.6 is 0 Å². The number of H-pyrrole nitrogens is 2. The molecule has 0 aliphatic carbocycles. The molecule has 0 spiro atoms. The number of carbonyl (C=O) groups excluding carboxylic acids is 2. The van der Waals surface area contributed by atoms with Gasteiger partial charge in [0.15, 0.2) is 0 Å². The number of rotatable bonds is 6. The fraction of sp³-hybridized carbons (Fsp3) is 0.333. The topological polar surface area (TPSA) is 116 Å². The van der Waals surface area contributed by atoms with Crippen LogP contribution in [0, 0.1) is 0 Å². The quantitative estimate of drug-likeness (QED) is 0.179. The van der Waals surface area contributed by atoms with Gasteiger partial charge in [0.25, 0.3) is 0 Å². The van der Waals surface area contributed by atoms with Crippen LogP contribution in [0.5, 0.6) is 0 Å². The number of fused-ring (bicyclic) bond motifs is 2. The highest BCUT2D eigenvalue weighted by atomic mass is 16.6. The fourth-order valence-corrected chi connectivity index (χ4v) is 7.59. The number of amides is 2. The van der Waals surface area contributed by atoms with Gasteiger partial charge in [-0.2, -0.15) is 0 Å². The average Bonchev–Trinajstić information content (AvgIpc) is 3.95. The molecular formula is C42H44N6O4. The normalized spacial score (nSPS) is 19.1. The van der Waals surface area contributed by atoms with E-state index in [0.29, 0.717) is 13.1 Å². The minimum atomic E-state index is -0.562. The molecule has 2 N–H and O–H groups in total.